The number of hydrogen-bond donors (Lipinski definition) is 1. The number of anilines is 1. The van der Waals surface area contributed by atoms with Gasteiger partial charge in [-0.25, -0.2) is 0 Å². The van der Waals surface area contributed by atoms with Gasteiger partial charge < -0.3 is 10.0 Å². The highest BCUT2D eigenvalue weighted by atomic mass is 16.3. The molecule has 1 fully saturated rings. The fourth-order valence-corrected chi connectivity index (χ4v) is 2.96. The van der Waals surface area contributed by atoms with Gasteiger partial charge in [-0.2, -0.15) is 0 Å². The molecule has 1 aliphatic rings. The molecule has 18 heavy (non-hydrogen) atoms. The minimum atomic E-state index is 0.0497. The summed E-state index contributed by atoms with van der Waals surface area (Å²) >= 11 is 0. The number of hydrogen-bond acceptors (Lipinski definition) is 2. The SMILES string of the molecule is CC(C)c1ccc(N2CCC(CO)C2(C)C)cc1. The Morgan fingerprint density at radius 1 is 1.28 bits per heavy atom. The van der Waals surface area contributed by atoms with Crippen LogP contribution in [0.5, 0.6) is 0 Å². The fraction of sp³-hybridized carbons (Fsp3) is 0.625. The normalized spacial score (nSPS) is 22.8. The Balaban J connectivity index is 2.22. The van der Waals surface area contributed by atoms with Crippen molar-refractivity contribution in [3.05, 3.63) is 29.8 Å². The lowest BCUT2D eigenvalue weighted by atomic mass is 9.89. The Labute approximate surface area is 111 Å². The average Bonchev–Trinajstić information content (AvgIpc) is 2.64. The summed E-state index contributed by atoms with van der Waals surface area (Å²) in [5.74, 6) is 0.957. The molecule has 0 spiro atoms. The third-order valence-electron chi connectivity index (χ3n) is 4.49. The van der Waals surface area contributed by atoms with E-state index in [0.29, 0.717) is 11.8 Å². The molecule has 1 unspecified atom stereocenters. The van der Waals surface area contributed by atoms with Crippen LogP contribution in [0.3, 0.4) is 0 Å². The van der Waals surface area contributed by atoms with Gasteiger partial charge in [0, 0.05) is 30.3 Å². The van der Waals surface area contributed by atoms with Crippen molar-refractivity contribution in [1.82, 2.24) is 0 Å². The lowest BCUT2D eigenvalue weighted by molar-refractivity contribution is 0.189. The molecule has 0 saturated carbocycles. The van der Waals surface area contributed by atoms with E-state index in [1.54, 1.807) is 0 Å². The molecule has 0 amide bonds. The van der Waals surface area contributed by atoms with E-state index in [0.717, 1.165) is 13.0 Å². The van der Waals surface area contributed by atoms with Crippen molar-refractivity contribution < 1.29 is 5.11 Å². The molecule has 1 heterocycles. The largest absolute Gasteiger partial charge is 0.396 e. The lowest BCUT2D eigenvalue weighted by Gasteiger charge is -2.37. The minimum Gasteiger partial charge on any atom is -0.396 e. The second kappa shape index (κ2) is 4.93. The molecule has 0 radical (unpaired) electrons. The summed E-state index contributed by atoms with van der Waals surface area (Å²) in [6, 6.07) is 8.89. The smallest absolute Gasteiger partial charge is 0.0482 e. The van der Waals surface area contributed by atoms with E-state index < -0.39 is 0 Å². The highest BCUT2D eigenvalue weighted by molar-refractivity contribution is 5.51. The first-order valence-electron chi connectivity index (χ1n) is 6.95. The summed E-state index contributed by atoms with van der Waals surface area (Å²) in [6.07, 6.45) is 1.08. The third-order valence-corrected chi connectivity index (χ3v) is 4.49. The molecule has 1 saturated heterocycles. The Bertz CT molecular complexity index is 394. The van der Waals surface area contributed by atoms with E-state index in [1.165, 1.54) is 11.3 Å². The quantitative estimate of drug-likeness (QED) is 0.885. The summed E-state index contributed by atoms with van der Waals surface area (Å²) in [5.41, 5.74) is 2.71. The number of aliphatic hydroxyl groups is 1. The number of nitrogens with zero attached hydrogens (tertiary/aromatic N) is 1. The summed E-state index contributed by atoms with van der Waals surface area (Å²) in [7, 11) is 0. The van der Waals surface area contributed by atoms with Gasteiger partial charge in [0.1, 0.15) is 0 Å². The van der Waals surface area contributed by atoms with Crippen molar-refractivity contribution in [2.24, 2.45) is 5.92 Å². The molecule has 0 bridgehead atoms. The molecule has 0 aliphatic carbocycles. The van der Waals surface area contributed by atoms with Crippen molar-refractivity contribution in [3.63, 3.8) is 0 Å². The monoisotopic (exact) mass is 247 g/mol. The van der Waals surface area contributed by atoms with Gasteiger partial charge in [0.2, 0.25) is 0 Å². The average molecular weight is 247 g/mol. The van der Waals surface area contributed by atoms with Gasteiger partial charge in [-0.1, -0.05) is 26.0 Å². The number of rotatable bonds is 3. The van der Waals surface area contributed by atoms with Crippen LogP contribution >= 0.6 is 0 Å². The summed E-state index contributed by atoms with van der Waals surface area (Å²) in [6.45, 7) is 10.2. The Hall–Kier alpha value is -1.02. The minimum absolute atomic E-state index is 0.0497. The summed E-state index contributed by atoms with van der Waals surface area (Å²) in [5, 5.41) is 9.46. The van der Waals surface area contributed by atoms with Gasteiger partial charge in [0.05, 0.1) is 0 Å². The summed E-state index contributed by atoms with van der Waals surface area (Å²) in [4.78, 5) is 2.43. The van der Waals surface area contributed by atoms with Crippen molar-refractivity contribution >= 4 is 5.69 Å². The van der Waals surface area contributed by atoms with Crippen LogP contribution in [-0.4, -0.2) is 23.8 Å². The third kappa shape index (κ3) is 2.26. The van der Waals surface area contributed by atoms with Gasteiger partial charge in [0.25, 0.3) is 0 Å². The van der Waals surface area contributed by atoms with Crippen molar-refractivity contribution in [2.45, 2.75) is 45.6 Å². The Kier molecular flexibility index (Phi) is 3.67. The van der Waals surface area contributed by atoms with E-state index in [-0.39, 0.29) is 12.1 Å². The van der Waals surface area contributed by atoms with Gasteiger partial charge in [-0.3, -0.25) is 0 Å². The first-order valence-corrected chi connectivity index (χ1v) is 6.95. The van der Waals surface area contributed by atoms with Gasteiger partial charge in [-0.15, -0.1) is 0 Å². The summed E-state index contributed by atoms with van der Waals surface area (Å²) < 4.78 is 0. The molecule has 2 nitrogen and oxygen atoms in total. The van der Waals surface area contributed by atoms with Crippen LogP contribution in [0, 0.1) is 5.92 Å². The zero-order valence-corrected chi connectivity index (χ0v) is 12.0. The first-order chi connectivity index (χ1) is 8.46. The Morgan fingerprint density at radius 3 is 2.33 bits per heavy atom. The van der Waals surface area contributed by atoms with Crippen LogP contribution in [0.1, 0.15) is 45.6 Å². The topological polar surface area (TPSA) is 23.5 Å². The molecule has 100 valence electrons. The highest BCUT2D eigenvalue weighted by Gasteiger charge is 2.40. The van der Waals surface area contributed by atoms with E-state index >= 15 is 0 Å². The number of benzene rings is 1. The zero-order valence-electron chi connectivity index (χ0n) is 12.0. The number of aliphatic hydroxyl groups excluding tert-OH is 1. The van der Waals surface area contributed by atoms with Crippen molar-refractivity contribution in [1.29, 1.82) is 0 Å². The molecule has 1 aromatic rings. The maximum atomic E-state index is 9.46. The maximum absolute atomic E-state index is 9.46. The van der Waals surface area contributed by atoms with E-state index in [4.69, 9.17) is 0 Å². The van der Waals surface area contributed by atoms with Gasteiger partial charge in [0.15, 0.2) is 0 Å². The first kappa shape index (κ1) is 13.4. The Morgan fingerprint density at radius 2 is 1.89 bits per heavy atom. The van der Waals surface area contributed by atoms with Crippen molar-refractivity contribution in [3.8, 4) is 0 Å². The van der Waals surface area contributed by atoms with Crippen LogP contribution < -0.4 is 4.90 Å². The molecule has 2 rings (SSSR count). The standard InChI is InChI=1S/C16H25NO/c1-12(2)13-5-7-15(8-6-13)17-10-9-14(11-18)16(17,3)4/h5-8,12,14,18H,9-11H2,1-4H3. The molecule has 1 aromatic carbocycles. The second-order valence-corrected chi connectivity index (χ2v) is 6.22. The molecule has 0 aromatic heterocycles. The van der Waals surface area contributed by atoms with Crippen LogP contribution in [0.15, 0.2) is 24.3 Å². The van der Waals surface area contributed by atoms with Crippen LogP contribution in [0.25, 0.3) is 0 Å². The van der Waals surface area contributed by atoms with Crippen LogP contribution in [-0.2, 0) is 0 Å². The van der Waals surface area contributed by atoms with E-state index in [2.05, 4.69) is 56.9 Å². The van der Waals surface area contributed by atoms with Gasteiger partial charge in [-0.05, 0) is 43.9 Å². The van der Waals surface area contributed by atoms with Crippen LogP contribution in [0.2, 0.25) is 0 Å². The predicted octanol–water partition coefficient (Wildman–Crippen LogP) is 3.41. The molecule has 1 aliphatic heterocycles. The van der Waals surface area contributed by atoms with Gasteiger partial charge >= 0.3 is 0 Å². The fourth-order valence-electron chi connectivity index (χ4n) is 2.96. The molecular formula is C16H25NO. The van der Waals surface area contributed by atoms with Crippen molar-refractivity contribution in [2.75, 3.05) is 18.1 Å². The maximum Gasteiger partial charge on any atom is 0.0482 e. The molecule has 1 N–H and O–H groups in total. The molecular weight excluding hydrogens is 222 g/mol. The lowest BCUT2D eigenvalue weighted by Crippen LogP contribution is -2.43. The van der Waals surface area contributed by atoms with E-state index in [1.807, 2.05) is 0 Å². The molecule has 2 heteroatoms. The molecule has 1 atom stereocenters. The predicted molar refractivity (Wildman–Crippen MR) is 77.1 cm³/mol. The second-order valence-electron chi connectivity index (χ2n) is 6.22. The van der Waals surface area contributed by atoms with E-state index in [9.17, 15) is 5.11 Å². The highest BCUT2D eigenvalue weighted by Crippen LogP contribution is 2.38. The van der Waals surface area contributed by atoms with Crippen LogP contribution in [0.4, 0.5) is 5.69 Å². The zero-order chi connectivity index (χ0) is 13.3.